The highest BCUT2D eigenvalue weighted by Gasteiger charge is 2.14. The second-order valence-corrected chi connectivity index (χ2v) is 3.87. The monoisotopic (exact) mass is 266 g/mol. The molecule has 2 aromatic rings. The molecule has 0 atom stereocenters. The lowest BCUT2D eigenvalue weighted by atomic mass is 10.2. The van der Waals surface area contributed by atoms with Crippen molar-refractivity contribution in [2.75, 3.05) is 12.3 Å². The molecular formula is C11H11ClN4O2. The van der Waals surface area contributed by atoms with E-state index in [4.69, 9.17) is 22.1 Å². The predicted molar refractivity (Wildman–Crippen MR) is 67.2 cm³/mol. The van der Waals surface area contributed by atoms with Crippen molar-refractivity contribution in [3.8, 4) is 11.4 Å². The smallest absolute Gasteiger partial charge is 0.375 e. The number of hydrogen-bond acceptors (Lipinski definition) is 5. The fourth-order valence-corrected chi connectivity index (χ4v) is 1.53. The van der Waals surface area contributed by atoms with E-state index < -0.39 is 5.97 Å². The van der Waals surface area contributed by atoms with E-state index >= 15 is 0 Å². The van der Waals surface area contributed by atoms with Crippen LogP contribution in [0.4, 0.5) is 5.69 Å². The molecule has 3 N–H and O–H groups in total. The fraction of sp³-hybridized carbons (Fsp3) is 0.182. The van der Waals surface area contributed by atoms with Crippen molar-refractivity contribution in [1.29, 1.82) is 0 Å². The standard InChI is InChI=1S/C11H11ClN4O2/c1-2-18-11(17)10-14-9(15-16-10)6-3-4-8(13)7(12)5-6/h3-5H,2,13H2,1H3,(H,14,15,16). The molecule has 6 nitrogen and oxygen atoms in total. The summed E-state index contributed by atoms with van der Waals surface area (Å²) in [4.78, 5) is 15.4. The van der Waals surface area contributed by atoms with Gasteiger partial charge in [0.1, 0.15) is 0 Å². The number of H-pyrrole nitrogens is 1. The normalized spacial score (nSPS) is 10.3. The van der Waals surface area contributed by atoms with Crippen molar-refractivity contribution in [2.45, 2.75) is 6.92 Å². The van der Waals surface area contributed by atoms with Crippen LogP contribution in [0.5, 0.6) is 0 Å². The molecule has 0 aliphatic carbocycles. The van der Waals surface area contributed by atoms with Crippen LogP contribution in [-0.4, -0.2) is 27.8 Å². The maximum Gasteiger partial charge on any atom is 0.375 e. The Bertz CT molecular complexity index is 582. The lowest BCUT2D eigenvalue weighted by Crippen LogP contribution is -2.06. The Balaban J connectivity index is 2.29. The van der Waals surface area contributed by atoms with E-state index in [-0.39, 0.29) is 12.4 Å². The molecule has 0 fully saturated rings. The van der Waals surface area contributed by atoms with Crippen LogP contribution in [0.3, 0.4) is 0 Å². The molecule has 0 saturated carbocycles. The molecular weight excluding hydrogens is 256 g/mol. The van der Waals surface area contributed by atoms with Crippen molar-refractivity contribution in [3.05, 3.63) is 29.0 Å². The van der Waals surface area contributed by atoms with E-state index in [2.05, 4.69) is 15.2 Å². The molecule has 0 spiro atoms. The van der Waals surface area contributed by atoms with Crippen LogP contribution < -0.4 is 5.73 Å². The zero-order valence-corrected chi connectivity index (χ0v) is 10.4. The first-order chi connectivity index (χ1) is 8.61. The number of esters is 1. The topological polar surface area (TPSA) is 93.9 Å². The second-order valence-electron chi connectivity index (χ2n) is 3.46. The Morgan fingerprint density at radius 3 is 3.00 bits per heavy atom. The first-order valence-corrected chi connectivity index (χ1v) is 5.64. The molecule has 0 unspecified atom stereocenters. The number of ether oxygens (including phenoxy) is 1. The van der Waals surface area contributed by atoms with E-state index in [1.54, 1.807) is 25.1 Å². The minimum Gasteiger partial charge on any atom is -0.460 e. The zero-order chi connectivity index (χ0) is 13.1. The summed E-state index contributed by atoms with van der Waals surface area (Å²) in [6.45, 7) is 2.00. The van der Waals surface area contributed by atoms with Crippen molar-refractivity contribution in [1.82, 2.24) is 15.2 Å². The molecule has 2 rings (SSSR count). The average Bonchev–Trinajstić information content (AvgIpc) is 2.82. The van der Waals surface area contributed by atoms with Crippen molar-refractivity contribution in [3.63, 3.8) is 0 Å². The van der Waals surface area contributed by atoms with Crippen LogP contribution in [-0.2, 0) is 4.74 Å². The summed E-state index contributed by atoms with van der Waals surface area (Å²) in [5.74, 6) is -0.127. The van der Waals surface area contributed by atoms with E-state index in [1.165, 1.54) is 0 Å². The van der Waals surface area contributed by atoms with Gasteiger partial charge >= 0.3 is 5.97 Å². The van der Waals surface area contributed by atoms with Crippen molar-refractivity contribution in [2.24, 2.45) is 0 Å². The highest BCUT2D eigenvalue weighted by Crippen LogP contribution is 2.24. The Morgan fingerprint density at radius 2 is 2.33 bits per heavy atom. The number of aromatic amines is 1. The first-order valence-electron chi connectivity index (χ1n) is 5.26. The van der Waals surface area contributed by atoms with Crippen LogP contribution in [0.1, 0.15) is 17.5 Å². The number of hydrogen-bond donors (Lipinski definition) is 2. The second kappa shape index (κ2) is 5.05. The van der Waals surface area contributed by atoms with Crippen LogP contribution in [0.15, 0.2) is 18.2 Å². The van der Waals surface area contributed by atoms with Gasteiger partial charge in [0.2, 0.25) is 5.82 Å². The van der Waals surface area contributed by atoms with Crippen LogP contribution in [0, 0.1) is 0 Å². The number of benzene rings is 1. The number of nitrogens with two attached hydrogens (primary N) is 1. The summed E-state index contributed by atoms with van der Waals surface area (Å²) in [5, 5.41) is 6.85. The summed E-state index contributed by atoms with van der Waals surface area (Å²) in [6, 6.07) is 5.01. The number of carbonyl (C=O) groups excluding carboxylic acids is 1. The molecule has 0 radical (unpaired) electrons. The molecule has 0 bridgehead atoms. The lowest BCUT2D eigenvalue weighted by molar-refractivity contribution is 0.0512. The number of anilines is 1. The van der Waals surface area contributed by atoms with E-state index in [9.17, 15) is 4.79 Å². The molecule has 18 heavy (non-hydrogen) atoms. The number of nitrogens with zero attached hydrogens (tertiary/aromatic N) is 2. The van der Waals surface area contributed by atoms with Crippen LogP contribution >= 0.6 is 11.6 Å². The lowest BCUT2D eigenvalue weighted by Gasteiger charge is -1.99. The van der Waals surface area contributed by atoms with Gasteiger partial charge in [0.15, 0.2) is 5.82 Å². The number of aromatic nitrogens is 3. The predicted octanol–water partition coefficient (Wildman–Crippen LogP) is 1.88. The van der Waals surface area contributed by atoms with Gasteiger partial charge in [-0.1, -0.05) is 11.6 Å². The van der Waals surface area contributed by atoms with Crippen LogP contribution in [0.25, 0.3) is 11.4 Å². The first kappa shape index (κ1) is 12.4. The number of rotatable bonds is 3. The maximum absolute atomic E-state index is 11.4. The number of halogens is 1. The molecule has 0 amide bonds. The Morgan fingerprint density at radius 1 is 1.56 bits per heavy atom. The van der Waals surface area contributed by atoms with Gasteiger partial charge in [-0.3, -0.25) is 5.10 Å². The van der Waals surface area contributed by atoms with Gasteiger partial charge in [0.05, 0.1) is 17.3 Å². The minimum absolute atomic E-state index is 0.0554. The summed E-state index contributed by atoms with van der Waals surface area (Å²) >= 11 is 5.90. The molecule has 0 aliphatic rings. The van der Waals surface area contributed by atoms with Crippen molar-refractivity contribution < 1.29 is 9.53 Å². The van der Waals surface area contributed by atoms with E-state index in [0.29, 0.717) is 22.1 Å². The Labute approximate surface area is 108 Å². The molecule has 1 aromatic carbocycles. The highest BCUT2D eigenvalue weighted by atomic mass is 35.5. The molecule has 7 heteroatoms. The molecule has 0 aliphatic heterocycles. The maximum atomic E-state index is 11.4. The number of carbonyl (C=O) groups is 1. The number of nitrogen functional groups attached to an aromatic ring is 1. The van der Waals surface area contributed by atoms with E-state index in [1.807, 2.05) is 0 Å². The van der Waals surface area contributed by atoms with Gasteiger partial charge in [-0.25, -0.2) is 9.78 Å². The molecule has 0 saturated heterocycles. The van der Waals surface area contributed by atoms with Crippen LogP contribution in [0.2, 0.25) is 5.02 Å². The third kappa shape index (κ3) is 2.43. The third-order valence-corrected chi connectivity index (χ3v) is 2.54. The van der Waals surface area contributed by atoms with Gasteiger partial charge in [-0.2, -0.15) is 5.10 Å². The summed E-state index contributed by atoms with van der Waals surface area (Å²) in [6.07, 6.45) is 0. The quantitative estimate of drug-likeness (QED) is 0.653. The minimum atomic E-state index is -0.544. The largest absolute Gasteiger partial charge is 0.460 e. The number of nitrogens with one attached hydrogen (secondary N) is 1. The molecule has 1 aromatic heterocycles. The molecule has 1 heterocycles. The van der Waals surface area contributed by atoms with Crippen molar-refractivity contribution >= 4 is 23.3 Å². The summed E-state index contributed by atoms with van der Waals surface area (Å²) in [5.41, 5.74) is 6.75. The van der Waals surface area contributed by atoms with Gasteiger partial charge in [-0.05, 0) is 25.1 Å². The van der Waals surface area contributed by atoms with E-state index in [0.717, 1.165) is 0 Å². The SMILES string of the molecule is CCOC(=O)c1nc(-c2ccc(N)c(Cl)c2)n[nH]1. The molecule has 94 valence electrons. The fourth-order valence-electron chi connectivity index (χ4n) is 1.35. The summed E-state index contributed by atoms with van der Waals surface area (Å²) < 4.78 is 4.80. The summed E-state index contributed by atoms with van der Waals surface area (Å²) in [7, 11) is 0. The van der Waals surface area contributed by atoms with Gasteiger partial charge in [0, 0.05) is 5.56 Å². The highest BCUT2D eigenvalue weighted by molar-refractivity contribution is 6.33. The van der Waals surface area contributed by atoms with Gasteiger partial charge in [-0.15, -0.1) is 0 Å². The zero-order valence-electron chi connectivity index (χ0n) is 9.61. The third-order valence-electron chi connectivity index (χ3n) is 2.21. The van der Waals surface area contributed by atoms with Gasteiger partial charge < -0.3 is 10.5 Å². The average molecular weight is 267 g/mol. The Hall–Kier alpha value is -2.08. The van der Waals surface area contributed by atoms with Gasteiger partial charge in [0.25, 0.3) is 0 Å². The Kier molecular flexibility index (Phi) is 3.47.